The molecule has 0 aliphatic carbocycles. The number of ether oxygens (including phenoxy) is 1. The van der Waals surface area contributed by atoms with E-state index in [1.807, 2.05) is 0 Å². The van der Waals surface area contributed by atoms with Crippen LogP contribution in [0.4, 0.5) is 17.6 Å². The SMILES string of the molecule is O=S(=O)(NCc1ccc(F)cc1Cl)c1ccc(OC(F)(F)F)cc1. The fraction of sp³-hybridized carbons (Fsp3) is 0.143. The average Bonchev–Trinajstić information content (AvgIpc) is 2.45. The molecular formula is C14H10ClF4NO3S. The molecule has 0 spiro atoms. The molecule has 0 radical (unpaired) electrons. The van der Waals surface area contributed by atoms with Gasteiger partial charge in [-0.2, -0.15) is 0 Å². The van der Waals surface area contributed by atoms with Gasteiger partial charge in [0, 0.05) is 11.6 Å². The Bertz CT molecular complexity index is 823. The van der Waals surface area contributed by atoms with Crippen LogP contribution in [0.25, 0.3) is 0 Å². The number of nitrogens with one attached hydrogen (secondary N) is 1. The maximum atomic E-state index is 12.9. The van der Waals surface area contributed by atoms with Crippen LogP contribution in [0.3, 0.4) is 0 Å². The lowest BCUT2D eigenvalue weighted by Crippen LogP contribution is -2.23. The van der Waals surface area contributed by atoms with Crippen LogP contribution in [0.2, 0.25) is 5.02 Å². The van der Waals surface area contributed by atoms with Crippen molar-refractivity contribution < 1.29 is 30.7 Å². The summed E-state index contributed by atoms with van der Waals surface area (Å²) >= 11 is 5.79. The predicted molar refractivity (Wildman–Crippen MR) is 78.6 cm³/mol. The van der Waals surface area contributed by atoms with Crippen molar-refractivity contribution in [1.29, 1.82) is 0 Å². The van der Waals surface area contributed by atoms with Crippen molar-refractivity contribution >= 4 is 21.6 Å². The quantitative estimate of drug-likeness (QED) is 0.798. The third kappa shape index (κ3) is 5.08. The fourth-order valence-electron chi connectivity index (χ4n) is 1.74. The molecule has 1 N–H and O–H groups in total. The molecule has 0 heterocycles. The second kappa shape index (κ2) is 6.96. The molecule has 130 valence electrons. The Hall–Kier alpha value is -1.84. The zero-order chi connectivity index (χ0) is 18.0. The minimum absolute atomic E-state index is 0.0478. The summed E-state index contributed by atoms with van der Waals surface area (Å²) < 4.78 is 79.2. The first-order valence-electron chi connectivity index (χ1n) is 6.36. The average molecular weight is 384 g/mol. The van der Waals surface area contributed by atoms with Crippen molar-refractivity contribution in [3.05, 3.63) is 58.9 Å². The van der Waals surface area contributed by atoms with Crippen molar-refractivity contribution in [2.45, 2.75) is 17.8 Å². The van der Waals surface area contributed by atoms with E-state index in [1.165, 1.54) is 6.07 Å². The van der Waals surface area contributed by atoms with Crippen LogP contribution in [0.5, 0.6) is 5.75 Å². The van der Waals surface area contributed by atoms with Crippen LogP contribution >= 0.6 is 11.6 Å². The number of hydrogen-bond donors (Lipinski definition) is 1. The minimum Gasteiger partial charge on any atom is -0.406 e. The Morgan fingerprint density at radius 2 is 1.71 bits per heavy atom. The van der Waals surface area contributed by atoms with Crippen LogP contribution in [0.15, 0.2) is 47.4 Å². The van der Waals surface area contributed by atoms with Gasteiger partial charge in [-0.1, -0.05) is 17.7 Å². The largest absolute Gasteiger partial charge is 0.573 e. The first kappa shape index (κ1) is 18.5. The summed E-state index contributed by atoms with van der Waals surface area (Å²) in [5, 5.41) is 0.0478. The van der Waals surface area contributed by atoms with Crippen molar-refractivity contribution in [2.24, 2.45) is 0 Å². The van der Waals surface area contributed by atoms with Crippen LogP contribution < -0.4 is 9.46 Å². The highest BCUT2D eigenvalue weighted by atomic mass is 35.5. The summed E-state index contributed by atoms with van der Waals surface area (Å²) in [6.07, 6.45) is -4.86. The van der Waals surface area contributed by atoms with E-state index >= 15 is 0 Å². The standard InChI is InChI=1S/C14H10ClF4NO3S/c15-13-7-10(16)2-1-9(13)8-20-24(21,22)12-5-3-11(4-6-12)23-14(17,18)19/h1-7,20H,8H2. The van der Waals surface area contributed by atoms with E-state index < -0.39 is 28.0 Å². The van der Waals surface area contributed by atoms with Crippen molar-refractivity contribution in [2.75, 3.05) is 0 Å². The van der Waals surface area contributed by atoms with Gasteiger partial charge in [0.05, 0.1) is 4.90 Å². The minimum atomic E-state index is -4.86. The Kier molecular flexibility index (Phi) is 5.36. The molecule has 0 fully saturated rings. The summed E-state index contributed by atoms with van der Waals surface area (Å²) in [6.45, 7) is -0.206. The highest BCUT2D eigenvalue weighted by Crippen LogP contribution is 2.24. The first-order valence-corrected chi connectivity index (χ1v) is 8.22. The second-order valence-corrected chi connectivity index (χ2v) is 6.75. The van der Waals surface area contributed by atoms with Crippen molar-refractivity contribution in [3.8, 4) is 5.75 Å². The molecule has 0 saturated heterocycles. The Morgan fingerprint density at radius 1 is 1.08 bits per heavy atom. The normalized spacial score (nSPS) is 12.2. The summed E-state index contributed by atoms with van der Waals surface area (Å²) in [5.74, 6) is -1.10. The lowest BCUT2D eigenvalue weighted by molar-refractivity contribution is -0.274. The molecule has 0 bridgehead atoms. The summed E-state index contributed by atoms with van der Waals surface area (Å²) in [5.41, 5.74) is 0.346. The Balaban J connectivity index is 2.10. The van der Waals surface area contributed by atoms with Crippen molar-refractivity contribution in [3.63, 3.8) is 0 Å². The molecule has 0 aliphatic rings. The molecule has 0 unspecified atom stereocenters. The van der Waals surface area contributed by atoms with E-state index in [2.05, 4.69) is 9.46 Å². The zero-order valence-corrected chi connectivity index (χ0v) is 13.3. The van der Waals surface area contributed by atoms with Gasteiger partial charge in [0.2, 0.25) is 10.0 Å². The Morgan fingerprint density at radius 3 is 2.25 bits per heavy atom. The van der Waals surface area contributed by atoms with Gasteiger partial charge in [-0.05, 0) is 42.0 Å². The number of sulfonamides is 1. The summed E-state index contributed by atoms with van der Waals surface area (Å²) in [6, 6.07) is 7.18. The molecule has 24 heavy (non-hydrogen) atoms. The lowest BCUT2D eigenvalue weighted by Gasteiger charge is -2.10. The van der Waals surface area contributed by atoms with Gasteiger partial charge in [0.25, 0.3) is 0 Å². The third-order valence-corrected chi connectivity index (χ3v) is 4.60. The number of alkyl halides is 3. The smallest absolute Gasteiger partial charge is 0.406 e. The maximum absolute atomic E-state index is 12.9. The number of hydrogen-bond acceptors (Lipinski definition) is 3. The number of halogens is 5. The van der Waals surface area contributed by atoms with E-state index in [0.717, 1.165) is 36.4 Å². The molecule has 0 aliphatic heterocycles. The van der Waals surface area contributed by atoms with Crippen molar-refractivity contribution in [1.82, 2.24) is 4.72 Å². The second-order valence-electron chi connectivity index (χ2n) is 4.58. The highest BCUT2D eigenvalue weighted by molar-refractivity contribution is 7.89. The molecule has 0 amide bonds. The van der Waals surface area contributed by atoms with Gasteiger partial charge < -0.3 is 4.74 Å². The molecule has 0 saturated carbocycles. The van der Waals surface area contributed by atoms with Crippen LogP contribution in [0, 0.1) is 5.82 Å². The molecule has 4 nitrogen and oxygen atoms in total. The molecular weight excluding hydrogens is 374 g/mol. The van der Waals surface area contributed by atoms with Crippen LogP contribution in [-0.4, -0.2) is 14.8 Å². The van der Waals surface area contributed by atoms with E-state index in [0.29, 0.717) is 5.56 Å². The molecule has 2 aromatic rings. The summed E-state index contributed by atoms with van der Waals surface area (Å²) in [4.78, 5) is -0.254. The predicted octanol–water partition coefficient (Wildman–Crippen LogP) is 3.86. The highest BCUT2D eigenvalue weighted by Gasteiger charge is 2.31. The monoisotopic (exact) mass is 383 g/mol. The molecule has 0 atom stereocenters. The van der Waals surface area contributed by atoms with Gasteiger partial charge in [-0.3, -0.25) is 0 Å². The first-order chi connectivity index (χ1) is 11.1. The van der Waals surface area contributed by atoms with Gasteiger partial charge >= 0.3 is 6.36 Å². The van der Waals surface area contributed by atoms with E-state index in [4.69, 9.17) is 11.6 Å². The summed E-state index contributed by atoms with van der Waals surface area (Å²) in [7, 11) is -3.99. The Labute approximate surface area is 140 Å². The number of benzene rings is 2. The topological polar surface area (TPSA) is 55.4 Å². The lowest BCUT2D eigenvalue weighted by atomic mass is 10.2. The van der Waals surface area contributed by atoms with Crippen LogP contribution in [0.1, 0.15) is 5.56 Å². The molecule has 2 aromatic carbocycles. The molecule has 2 rings (SSSR count). The number of rotatable bonds is 5. The van der Waals surface area contributed by atoms with Gasteiger partial charge in [0.15, 0.2) is 0 Å². The van der Waals surface area contributed by atoms with Gasteiger partial charge in [-0.25, -0.2) is 17.5 Å². The van der Waals surface area contributed by atoms with E-state index in [9.17, 15) is 26.0 Å². The van der Waals surface area contributed by atoms with Gasteiger partial charge in [-0.15, -0.1) is 13.2 Å². The molecule has 0 aromatic heterocycles. The van der Waals surface area contributed by atoms with Gasteiger partial charge in [0.1, 0.15) is 11.6 Å². The molecule has 10 heteroatoms. The van der Waals surface area contributed by atoms with E-state index in [1.54, 1.807) is 0 Å². The van der Waals surface area contributed by atoms with E-state index in [-0.39, 0.29) is 16.5 Å². The maximum Gasteiger partial charge on any atom is 0.573 e. The fourth-order valence-corrected chi connectivity index (χ4v) is 2.98. The zero-order valence-electron chi connectivity index (χ0n) is 11.8. The third-order valence-electron chi connectivity index (χ3n) is 2.84. The van der Waals surface area contributed by atoms with Crippen LogP contribution in [-0.2, 0) is 16.6 Å².